The normalized spacial score (nSPS) is 14.8. The summed E-state index contributed by atoms with van der Waals surface area (Å²) in [6.45, 7) is 4.39. The second kappa shape index (κ2) is 6.93. The number of rotatable bonds is 6. The summed E-state index contributed by atoms with van der Waals surface area (Å²) in [6, 6.07) is 7.71. The average Bonchev–Trinajstić information content (AvgIpc) is 2.21. The zero-order chi connectivity index (χ0) is 12.0. The van der Waals surface area contributed by atoms with Crippen LogP contribution in [0.3, 0.4) is 0 Å². The zero-order valence-corrected chi connectivity index (χ0v) is 10.9. The fourth-order valence-corrected chi connectivity index (χ4v) is 2.18. The van der Waals surface area contributed by atoms with E-state index in [0.717, 1.165) is 23.4 Å². The average molecular weight is 241 g/mol. The van der Waals surface area contributed by atoms with Crippen LogP contribution in [-0.2, 0) is 6.42 Å². The van der Waals surface area contributed by atoms with Crippen molar-refractivity contribution in [1.29, 1.82) is 0 Å². The van der Waals surface area contributed by atoms with E-state index in [1.807, 2.05) is 24.3 Å². The van der Waals surface area contributed by atoms with Crippen molar-refractivity contribution in [2.45, 2.75) is 45.6 Å². The molecule has 0 aromatic heterocycles. The molecular formula is C14H21ClO. The number of aliphatic hydroxyl groups is 1. The predicted octanol–water partition coefficient (Wildman–Crippen LogP) is 4.07. The SMILES string of the molecule is CCCC(C)CC(O)Cc1ccc(Cl)cc1. The fraction of sp³-hybridized carbons (Fsp3) is 0.571. The van der Waals surface area contributed by atoms with E-state index in [1.165, 1.54) is 12.8 Å². The van der Waals surface area contributed by atoms with Crippen molar-refractivity contribution < 1.29 is 5.11 Å². The number of halogens is 1. The van der Waals surface area contributed by atoms with E-state index < -0.39 is 0 Å². The highest BCUT2D eigenvalue weighted by Crippen LogP contribution is 2.16. The van der Waals surface area contributed by atoms with Crippen LogP contribution in [0.1, 0.15) is 38.7 Å². The molecule has 2 atom stereocenters. The Morgan fingerprint density at radius 1 is 1.25 bits per heavy atom. The van der Waals surface area contributed by atoms with Gasteiger partial charge in [-0.1, -0.05) is 50.4 Å². The van der Waals surface area contributed by atoms with Crippen LogP contribution in [0.15, 0.2) is 24.3 Å². The lowest BCUT2D eigenvalue weighted by molar-refractivity contribution is 0.143. The summed E-state index contributed by atoms with van der Waals surface area (Å²) in [4.78, 5) is 0. The van der Waals surface area contributed by atoms with E-state index in [-0.39, 0.29) is 6.10 Å². The Labute approximate surface area is 103 Å². The van der Waals surface area contributed by atoms with E-state index in [0.29, 0.717) is 5.92 Å². The molecule has 1 aromatic rings. The summed E-state index contributed by atoms with van der Waals surface area (Å²) in [5.74, 6) is 0.604. The lowest BCUT2D eigenvalue weighted by Gasteiger charge is -2.15. The molecule has 1 aromatic carbocycles. The van der Waals surface area contributed by atoms with Gasteiger partial charge in [-0.05, 0) is 36.5 Å². The van der Waals surface area contributed by atoms with Gasteiger partial charge in [0.2, 0.25) is 0 Å². The van der Waals surface area contributed by atoms with Crippen LogP contribution in [-0.4, -0.2) is 11.2 Å². The van der Waals surface area contributed by atoms with Gasteiger partial charge < -0.3 is 5.11 Å². The second-order valence-electron chi connectivity index (χ2n) is 4.61. The molecule has 0 amide bonds. The van der Waals surface area contributed by atoms with Crippen molar-refractivity contribution in [2.24, 2.45) is 5.92 Å². The monoisotopic (exact) mass is 240 g/mol. The lowest BCUT2D eigenvalue weighted by Crippen LogP contribution is -2.14. The van der Waals surface area contributed by atoms with Crippen molar-refractivity contribution >= 4 is 11.6 Å². The van der Waals surface area contributed by atoms with Gasteiger partial charge in [0.15, 0.2) is 0 Å². The number of benzene rings is 1. The maximum absolute atomic E-state index is 9.94. The van der Waals surface area contributed by atoms with Crippen molar-refractivity contribution in [2.75, 3.05) is 0 Å². The molecule has 2 heteroatoms. The molecule has 0 aliphatic heterocycles. The first-order valence-corrected chi connectivity index (χ1v) is 6.42. The van der Waals surface area contributed by atoms with Gasteiger partial charge in [0.05, 0.1) is 6.10 Å². The molecule has 2 unspecified atom stereocenters. The smallest absolute Gasteiger partial charge is 0.0583 e. The molecule has 0 aliphatic rings. The van der Waals surface area contributed by atoms with E-state index >= 15 is 0 Å². The topological polar surface area (TPSA) is 20.2 Å². The third kappa shape index (κ3) is 5.00. The minimum Gasteiger partial charge on any atom is -0.393 e. The third-order valence-corrected chi connectivity index (χ3v) is 3.09. The van der Waals surface area contributed by atoms with Gasteiger partial charge in [-0.3, -0.25) is 0 Å². The second-order valence-corrected chi connectivity index (χ2v) is 5.05. The fourth-order valence-electron chi connectivity index (χ4n) is 2.05. The van der Waals surface area contributed by atoms with Gasteiger partial charge in [-0.25, -0.2) is 0 Å². The molecule has 0 radical (unpaired) electrons. The summed E-state index contributed by atoms with van der Waals surface area (Å²) < 4.78 is 0. The van der Waals surface area contributed by atoms with Crippen molar-refractivity contribution in [3.63, 3.8) is 0 Å². The zero-order valence-electron chi connectivity index (χ0n) is 10.1. The Hall–Kier alpha value is -0.530. The molecule has 1 N–H and O–H groups in total. The van der Waals surface area contributed by atoms with Crippen LogP contribution >= 0.6 is 11.6 Å². The maximum atomic E-state index is 9.94. The first-order valence-electron chi connectivity index (χ1n) is 6.04. The van der Waals surface area contributed by atoms with Gasteiger partial charge in [-0.2, -0.15) is 0 Å². The molecule has 0 saturated heterocycles. The molecule has 1 nitrogen and oxygen atoms in total. The Balaban J connectivity index is 2.39. The lowest BCUT2D eigenvalue weighted by atomic mass is 9.95. The highest BCUT2D eigenvalue weighted by Gasteiger charge is 2.10. The molecule has 0 fully saturated rings. The molecule has 16 heavy (non-hydrogen) atoms. The number of hydrogen-bond acceptors (Lipinski definition) is 1. The van der Waals surface area contributed by atoms with Crippen LogP contribution in [0.5, 0.6) is 0 Å². The van der Waals surface area contributed by atoms with Crippen LogP contribution in [0.4, 0.5) is 0 Å². The Bertz CT molecular complexity index is 294. The quantitative estimate of drug-likeness (QED) is 0.795. The molecule has 0 aliphatic carbocycles. The third-order valence-electron chi connectivity index (χ3n) is 2.84. The highest BCUT2D eigenvalue weighted by atomic mass is 35.5. The molecule has 90 valence electrons. The first-order chi connectivity index (χ1) is 7.61. The van der Waals surface area contributed by atoms with Crippen molar-refractivity contribution in [3.05, 3.63) is 34.9 Å². The molecule has 0 spiro atoms. The summed E-state index contributed by atoms with van der Waals surface area (Å²) in [5.41, 5.74) is 1.15. The summed E-state index contributed by atoms with van der Waals surface area (Å²) >= 11 is 5.81. The summed E-state index contributed by atoms with van der Waals surface area (Å²) in [6.07, 6.45) is 3.76. The van der Waals surface area contributed by atoms with E-state index in [1.54, 1.807) is 0 Å². The van der Waals surface area contributed by atoms with E-state index in [4.69, 9.17) is 11.6 Å². The Morgan fingerprint density at radius 3 is 2.44 bits per heavy atom. The van der Waals surface area contributed by atoms with Gasteiger partial charge in [0, 0.05) is 5.02 Å². The Morgan fingerprint density at radius 2 is 1.88 bits per heavy atom. The van der Waals surface area contributed by atoms with E-state index in [9.17, 15) is 5.11 Å². The largest absolute Gasteiger partial charge is 0.393 e. The van der Waals surface area contributed by atoms with Crippen LogP contribution in [0, 0.1) is 5.92 Å². The molecule has 1 rings (SSSR count). The van der Waals surface area contributed by atoms with Gasteiger partial charge in [0.1, 0.15) is 0 Å². The van der Waals surface area contributed by atoms with Gasteiger partial charge in [0.25, 0.3) is 0 Å². The molecular weight excluding hydrogens is 220 g/mol. The maximum Gasteiger partial charge on any atom is 0.0583 e. The van der Waals surface area contributed by atoms with Gasteiger partial charge >= 0.3 is 0 Å². The van der Waals surface area contributed by atoms with Crippen LogP contribution in [0.2, 0.25) is 5.02 Å². The van der Waals surface area contributed by atoms with Crippen molar-refractivity contribution in [3.8, 4) is 0 Å². The van der Waals surface area contributed by atoms with Gasteiger partial charge in [-0.15, -0.1) is 0 Å². The summed E-state index contributed by atoms with van der Waals surface area (Å²) in [5, 5.41) is 10.7. The first kappa shape index (κ1) is 13.5. The minimum atomic E-state index is -0.234. The number of hydrogen-bond donors (Lipinski definition) is 1. The van der Waals surface area contributed by atoms with E-state index in [2.05, 4.69) is 13.8 Å². The highest BCUT2D eigenvalue weighted by molar-refractivity contribution is 6.30. The Kier molecular flexibility index (Phi) is 5.86. The predicted molar refractivity (Wildman–Crippen MR) is 69.9 cm³/mol. The number of aliphatic hydroxyl groups excluding tert-OH is 1. The van der Waals surface area contributed by atoms with Crippen LogP contribution in [0.25, 0.3) is 0 Å². The molecule has 0 bridgehead atoms. The standard InChI is InChI=1S/C14H21ClO/c1-3-4-11(2)9-14(16)10-12-5-7-13(15)8-6-12/h5-8,11,14,16H,3-4,9-10H2,1-2H3. The van der Waals surface area contributed by atoms with Crippen LogP contribution < -0.4 is 0 Å². The van der Waals surface area contributed by atoms with Crippen molar-refractivity contribution in [1.82, 2.24) is 0 Å². The molecule has 0 heterocycles. The minimum absolute atomic E-state index is 0.234. The summed E-state index contributed by atoms with van der Waals surface area (Å²) in [7, 11) is 0. The molecule has 0 saturated carbocycles.